The highest BCUT2D eigenvalue weighted by Gasteiger charge is 2.43. The molecule has 0 saturated carbocycles. The van der Waals surface area contributed by atoms with Crippen molar-refractivity contribution in [3.8, 4) is 0 Å². The summed E-state index contributed by atoms with van der Waals surface area (Å²) in [6, 6.07) is 0. The molecule has 3 saturated heterocycles. The highest BCUT2D eigenvalue weighted by Crippen LogP contribution is 2.34. The Bertz CT molecular complexity index is 344. The number of piperidine rings is 1. The van der Waals surface area contributed by atoms with E-state index in [4.69, 9.17) is 9.57 Å². The van der Waals surface area contributed by atoms with Gasteiger partial charge in [0.2, 0.25) is 5.91 Å². The number of hydrogen-bond donors (Lipinski definition) is 0. The number of ether oxygens (including phenoxy) is 1. The summed E-state index contributed by atoms with van der Waals surface area (Å²) in [6.45, 7) is 7.50. The van der Waals surface area contributed by atoms with Crippen LogP contribution >= 0.6 is 0 Å². The SMILES string of the molecule is CCN1CC[C@H]2OCC[C@@H](C(=O)N3CCCCO3)[C@@H]2C1. The number of amides is 1. The van der Waals surface area contributed by atoms with Crippen LogP contribution in [-0.2, 0) is 14.4 Å². The Labute approximate surface area is 121 Å². The zero-order valence-electron chi connectivity index (χ0n) is 12.4. The van der Waals surface area contributed by atoms with Crippen LogP contribution in [0.5, 0.6) is 0 Å². The largest absolute Gasteiger partial charge is 0.378 e. The van der Waals surface area contributed by atoms with E-state index in [-0.39, 0.29) is 17.9 Å². The topological polar surface area (TPSA) is 42.0 Å². The Balaban J connectivity index is 1.68. The molecule has 0 aromatic heterocycles. The molecule has 3 aliphatic rings. The van der Waals surface area contributed by atoms with E-state index in [1.165, 1.54) is 0 Å². The van der Waals surface area contributed by atoms with Gasteiger partial charge in [-0.2, -0.15) is 0 Å². The summed E-state index contributed by atoms with van der Waals surface area (Å²) in [4.78, 5) is 20.7. The summed E-state index contributed by atoms with van der Waals surface area (Å²) in [5, 5.41) is 1.63. The zero-order valence-corrected chi connectivity index (χ0v) is 12.4. The molecule has 0 bridgehead atoms. The monoisotopic (exact) mass is 282 g/mol. The molecule has 3 rings (SSSR count). The summed E-state index contributed by atoms with van der Waals surface area (Å²) in [5.74, 6) is 0.623. The van der Waals surface area contributed by atoms with Crippen molar-refractivity contribution in [2.24, 2.45) is 11.8 Å². The summed E-state index contributed by atoms with van der Waals surface area (Å²) < 4.78 is 5.90. The molecule has 0 aromatic carbocycles. The van der Waals surface area contributed by atoms with E-state index in [9.17, 15) is 4.79 Å². The third-order valence-electron chi connectivity index (χ3n) is 4.97. The molecule has 5 heteroatoms. The number of likely N-dealkylation sites (tertiary alicyclic amines) is 1. The van der Waals surface area contributed by atoms with E-state index in [2.05, 4.69) is 11.8 Å². The van der Waals surface area contributed by atoms with Gasteiger partial charge in [-0.15, -0.1) is 0 Å². The Morgan fingerprint density at radius 3 is 2.85 bits per heavy atom. The van der Waals surface area contributed by atoms with Crippen LogP contribution in [0.3, 0.4) is 0 Å². The second-order valence-corrected chi connectivity index (χ2v) is 6.13. The number of hydroxylamine groups is 2. The van der Waals surface area contributed by atoms with Gasteiger partial charge in [-0.3, -0.25) is 9.63 Å². The molecule has 20 heavy (non-hydrogen) atoms. The lowest BCUT2D eigenvalue weighted by Gasteiger charge is -2.45. The summed E-state index contributed by atoms with van der Waals surface area (Å²) in [6.07, 6.45) is 4.29. The molecule has 0 N–H and O–H groups in total. The normalized spacial score (nSPS) is 35.6. The van der Waals surface area contributed by atoms with Crippen molar-refractivity contribution in [1.82, 2.24) is 9.96 Å². The first-order valence-electron chi connectivity index (χ1n) is 8.08. The average Bonchev–Trinajstić information content (AvgIpc) is 2.54. The number of hydrogen-bond acceptors (Lipinski definition) is 4. The molecule has 3 aliphatic heterocycles. The van der Waals surface area contributed by atoms with E-state index >= 15 is 0 Å². The fourth-order valence-electron chi connectivity index (χ4n) is 3.73. The minimum atomic E-state index is 0.0844. The van der Waals surface area contributed by atoms with Gasteiger partial charge in [0, 0.05) is 38.1 Å². The molecule has 0 aromatic rings. The van der Waals surface area contributed by atoms with Gasteiger partial charge in [0.15, 0.2) is 0 Å². The minimum absolute atomic E-state index is 0.0844. The lowest BCUT2D eigenvalue weighted by atomic mass is 9.79. The number of carbonyl (C=O) groups excluding carboxylic acids is 1. The van der Waals surface area contributed by atoms with Crippen LogP contribution in [0, 0.1) is 11.8 Å². The van der Waals surface area contributed by atoms with Crippen molar-refractivity contribution < 1.29 is 14.4 Å². The van der Waals surface area contributed by atoms with Crippen LogP contribution in [0.1, 0.15) is 32.6 Å². The molecule has 1 amide bonds. The number of nitrogens with zero attached hydrogens (tertiary/aromatic N) is 2. The number of rotatable bonds is 2. The molecule has 0 radical (unpaired) electrons. The van der Waals surface area contributed by atoms with Gasteiger partial charge >= 0.3 is 0 Å². The lowest BCUT2D eigenvalue weighted by Crippen LogP contribution is -2.54. The van der Waals surface area contributed by atoms with Crippen LogP contribution in [0.2, 0.25) is 0 Å². The first kappa shape index (κ1) is 14.3. The molecular formula is C15H26N2O3. The van der Waals surface area contributed by atoms with E-state index in [0.717, 1.165) is 58.5 Å². The lowest BCUT2D eigenvalue weighted by molar-refractivity contribution is -0.209. The Morgan fingerprint density at radius 2 is 2.10 bits per heavy atom. The minimum Gasteiger partial charge on any atom is -0.378 e. The molecule has 3 heterocycles. The first-order chi connectivity index (χ1) is 9.79. The number of fused-ring (bicyclic) bond motifs is 1. The molecule has 3 atom stereocenters. The van der Waals surface area contributed by atoms with Crippen molar-refractivity contribution in [2.75, 3.05) is 39.4 Å². The van der Waals surface area contributed by atoms with E-state index in [1.54, 1.807) is 5.06 Å². The fourth-order valence-corrected chi connectivity index (χ4v) is 3.73. The molecular weight excluding hydrogens is 256 g/mol. The van der Waals surface area contributed by atoms with Crippen LogP contribution < -0.4 is 0 Å². The maximum absolute atomic E-state index is 12.7. The second-order valence-electron chi connectivity index (χ2n) is 6.13. The van der Waals surface area contributed by atoms with E-state index < -0.39 is 0 Å². The average molecular weight is 282 g/mol. The second kappa shape index (κ2) is 6.41. The van der Waals surface area contributed by atoms with Crippen molar-refractivity contribution in [1.29, 1.82) is 0 Å². The number of carbonyl (C=O) groups is 1. The Hall–Kier alpha value is -0.650. The van der Waals surface area contributed by atoms with Crippen LogP contribution in [0.15, 0.2) is 0 Å². The summed E-state index contributed by atoms with van der Waals surface area (Å²) >= 11 is 0. The first-order valence-corrected chi connectivity index (χ1v) is 8.08. The zero-order chi connectivity index (χ0) is 13.9. The smallest absolute Gasteiger partial charge is 0.249 e. The molecule has 0 spiro atoms. The molecule has 5 nitrogen and oxygen atoms in total. The maximum atomic E-state index is 12.7. The predicted molar refractivity (Wildman–Crippen MR) is 75.0 cm³/mol. The predicted octanol–water partition coefficient (Wildman–Crippen LogP) is 1.29. The van der Waals surface area contributed by atoms with E-state index in [1.807, 2.05) is 0 Å². The third-order valence-corrected chi connectivity index (χ3v) is 4.97. The van der Waals surface area contributed by atoms with Crippen molar-refractivity contribution in [3.63, 3.8) is 0 Å². The van der Waals surface area contributed by atoms with Gasteiger partial charge in [0.25, 0.3) is 0 Å². The van der Waals surface area contributed by atoms with Gasteiger partial charge in [0.05, 0.1) is 12.7 Å². The van der Waals surface area contributed by atoms with Crippen LogP contribution in [0.4, 0.5) is 0 Å². The van der Waals surface area contributed by atoms with Gasteiger partial charge < -0.3 is 9.64 Å². The highest BCUT2D eigenvalue weighted by atomic mass is 16.7. The Morgan fingerprint density at radius 1 is 1.20 bits per heavy atom. The maximum Gasteiger partial charge on any atom is 0.249 e. The fraction of sp³-hybridized carbons (Fsp3) is 0.933. The van der Waals surface area contributed by atoms with Gasteiger partial charge in [-0.25, -0.2) is 5.06 Å². The molecule has 114 valence electrons. The third kappa shape index (κ3) is 2.85. The molecule has 3 fully saturated rings. The van der Waals surface area contributed by atoms with Crippen LogP contribution in [0.25, 0.3) is 0 Å². The van der Waals surface area contributed by atoms with Gasteiger partial charge in [-0.1, -0.05) is 6.92 Å². The van der Waals surface area contributed by atoms with Crippen LogP contribution in [-0.4, -0.2) is 61.4 Å². The molecule has 0 unspecified atom stereocenters. The highest BCUT2D eigenvalue weighted by molar-refractivity contribution is 5.78. The van der Waals surface area contributed by atoms with Crippen molar-refractivity contribution in [3.05, 3.63) is 0 Å². The Kier molecular flexibility index (Phi) is 4.58. The van der Waals surface area contributed by atoms with Crippen molar-refractivity contribution >= 4 is 5.91 Å². The molecule has 0 aliphatic carbocycles. The van der Waals surface area contributed by atoms with Crippen molar-refractivity contribution in [2.45, 2.75) is 38.7 Å². The van der Waals surface area contributed by atoms with Gasteiger partial charge in [-0.05, 0) is 32.2 Å². The summed E-state index contributed by atoms with van der Waals surface area (Å²) in [7, 11) is 0. The standard InChI is InChI=1S/C15H26N2O3/c1-2-16-8-5-14-13(11-16)12(6-10-19-14)15(18)17-7-3-4-9-20-17/h12-14H,2-11H2,1H3/t12-,13+,14-/m1/s1. The quantitative estimate of drug-likeness (QED) is 0.765. The summed E-state index contributed by atoms with van der Waals surface area (Å²) in [5.41, 5.74) is 0. The van der Waals surface area contributed by atoms with E-state index in [0.29, 0.717) is 12.5 Å². The van der Waals surface area contributed by atoms with Gasteiger partial charge in [0.1, 0.15) is 0 Å².